The van der Waals surface area contributed by atoms with E-state index in [9.17, 15) is 0 Å². The Morgan fingerprint density at radius 3 is 2.24 bits per heavy atom. The molecule has 4 fully saturated rings. The summed E-state index contributed by atoms with van der Waals surface area (Å²) in [6.45, 7) is 0.934. The van der Waals surface area contributed by atoms with Crippen LogP contribution in [0.25, 0.3) is 11.0 Å². The number of anilines is 1. The number of aromatic nitrogens is 3. The van der Waals surface area contributed by atoms with Gasteiger partial charge >= 0.3 is 0 Å². The van der Waals surface area contributed by atoms with Crippen LogP contribution >= 0.6 is 0 Å². The summed E-state index contributed by atoms with van der Waals surface area (Å²) in [6.07, 6.45) is 23.8. The highest BCUT2D eigenvalue weighted by Crippen LogP contribution is 2.43. The fraction of sp³-hybridized carbons (Fsp3) is 0.786. The fourth-order valence-electron chi connectivity index (χ4n) is 7.70. The molecule has 0 saturated heterocycles. The topological polar surface area (TPSA) is 70.8 Å². The number of fused-ring (bicyclic) bond motifs is 3. The molecule has 6 rings (SSSR count). The number of nitrogens with one attached hydrogen (secondary N) is 1. The van der Waals surface area contributed by atoms with Gasteiger partial charge in [-0.1, -0.05) is 51.4 Å². The van der Waals surface area contributed by atoms with Crippen molar-refractivity contribution < 1.29 is 0 Å². The van der Waals surface area contributed by atoms with Crippen LogP contribution < -0.4 is 10.6 Å². The zero-order chi connectivity index (χ0) is 22.6. The van der Waals surface area contributed by atoms with Crippen LogP contribution in [0.2, 0.25) is 0 Å². The first-order valence-corrected chi connectivity index (χ1v) is 13.9. The molecule has 4 saturated carbocycles. The number of rotatable bonds is 3. The maximum atomic E-state index is 5.73. The summed E-state index contributed by atoms with van der Waals surface area (Å²) in [5, 5.41) is 1.14. The predicted octanol–water partition coefficient (Wildman–Crippen LogP) is 6.30. The summed E-state index contributed by atoms with van der Waals surface area (Å²) in [6, 6.07) is 2.73. The first kappa shape index (κ1) is 23.1. The summed E-state index contributed by atoms with van der Waals surface area (Å²) in [7, 11) is 2.21. The quantitative estimate of drug-likeness (QED) is 0.574. The largest absolute Gasteiger partial charge is 0.356 e. The van der Waals surface area contributed by atoms with Gasteiger partial charge in [-0.2, -0.15) is 0 Å². The minimum absolute atomic E-state index is 0.636. The number of nitrogens with zero attached hydrogens (tertiary/aromatic N) is 3. The highest BCUT2D eigenvalue weighted by Gasteiger charge is 2.34. The highest BCUT2D eigenvalue weighted by atomic mass is 15.2. The molecule has 0 amide bonds. The third-order valence-corrected chi connectivity index (χ3v) is 9.71. The van der Waals surface area contributed by atoms with Crippen LogP contribution in [0.4, 0.5) is 5.82 Å². The lowest BCUT2D eigenvalue weighted by atomic mass is 9.67. The smallest absolute Gasteiger partial charge is 0.142 e. The first-order valence-electron chi connectivity index (χ1n) is 13.9. The third-order valence-electron chi connectivity index (χ3n) is 9.71. The molecule has 2 aromatic rings. The Labute approximate surface area is 200 Å². The molecule has 182 valence electrons. The summed E-state index contributed by atoms with van der Waals surface area (Å²) in [4.78, 5) is 14.4. The van der Waals surface area contributed by atoms with Crippen molar-refractivity contribution in [2.24, 2.45) is 35.3 Å². The molecular formula is C28H45N5. The van der Waals surface area contributed by atoms with Crippen LogP contribution in [0.1, 0.15) is 89.9 Å². The lowest BCUT2D eigenvalue weighted by Gasteiger charge is -2.42. The highest BCUT2D eigenvalue weighted by molar-refractivity contribution is 5.87. The van der Waals surface area contributed by atoms with E-state index < -0.39 is 0 Å². The van der Waals surface area contributed by atoms with Crippen molar-refractivity contribution in [2.45, 2.75) is 95.9 Å². The van der Waals surface area contributed by atoms with Crippen LogP contribution in [-0.4, -0.2) is 34.6 Å². The van der Waals surface area contributed by atoms with Gasteiger partial charge in [-0.05, 0) is 80.7 Å². The Bertz CT molecular complexity index is 878. The van der Waals surface area contributed by atoms with Crippen molar-refractivity contribution in [3.05, 3.63) is 18.6 Å². The third kappa shape index (κ3) is 5.23. The van der Waals surface area contributed by atoms with Gasteiger partial charge in [-0.3, -0.25) is 0 Å². The second-order valence-corrected chi connectivity index (χ2v) is 11.5. The number of hydrogen-bond acceptors (Lipinski definition) is 4. The van der Waals surface area contributed by atoms with Gasteiger partial charge in [0.05, 0.1) is 5.39 Å². The van der Waals surface area contributed by atoms with Gasteiger partial charge in [0.15, 0.2) is 0 Å². The Hall–Kier alpha value is -1.62. The van der Waals surface area contributed by atoms with Gasteiger partial charge in [0, 0.05) is 19.3 Å². The molecule has 33 heavy (non-hydrogen) atoms. The molecule has 4 aliphatic rings. The maximum Gasteiger partial charge on any atom is 0.142 e. The average Bonchev–Trinajstić information content (AvgIpc) is 3.37. The minimum atomic E-state index is 0.636. The monoisotopic (exact) mass is 451 g/mol. The van der Waals surface area contributed by atoms with Crippen molar-refractivity contribution in [1.29, 1.82) is 0 Å². The molecule has 3 N–H and O–H groups in total. The van der Waals surface area contributed by atoms with Crippen LogP contribution in [0.3, 0.4) is 0 Å². The second-order valence-electron chi connectivity index (χ2n) is 11.5. The molecule has 2 aromatic heterocycles. The molecule has 0 radical (unpaired) electrons. The van der Waals surface area contributed by atoms with Crippen LogP contribution in [0.5, 0.6) is 0 Å². The predicted molar refractivity (Wildman–Crippen MR) is 137 cm³/mol. The molecule has 5 heteroatoms. The molecular weight excluding hydrogens is 406 g/mol. The number of H-pyrrole nitrogens is 1. The van der Waals surface area contributed by atoms with Crippen molar-refractivity contribution in [1.82, 2.24) is 15.0 Å². The standard InChI is InChI=1S/C17H24N4.C11H21N/c1-21(17-15-8-9-18-16(15)19-11-20-17)14-7-6-12-4-2-3-5-13(12)10-14;12-8-9-5-6-10-3-1-2-4-11(10)7-9/h8-9,11-14H,2-7,10H2,1H3,(H,18,19,20);9-11H,1-8,12H2. The van der Waals surface area contributed by atoms with Crippen molar-refractivity contribution >= 4 is 16.9 Å². The fourth-order valence-corrected chi connectivity index (χ4v) is 7.70. The zero-order valence-corrected chi connectivity index (χ0v) is 20.7. The normalized spacial score (nSPS) is 34.0. The van der Waals surface area contributed by atoms with E-state index in [0.717, 1.165) is 53.0 Å². The molecule has 2 heterocycles. The van der Waals surface area contributed by atoms with Gasteiger partial charge < -0.3 is 15.6 Å². The van der Waals surface area contributed by atoms with Gasteiger partial charge in [0.25, 0.3) is 0 Å². The van der Waals surface area contributed by atoms with Gasteiger partial charge in [0.1, 0.15) is 17.8 Å². The Morgan fingerprint density at radius 1 is 0.848 bits per heavy atom. The van der Waals surface area contributed by atoms with Crippen LogP contribution in [-0.2, 0) is 0 Å². The Kier molecular flexibility index (Phi) is 7.54. The van der Waals surface area contributed by atoms with Gasteiger partial charge in [0.2, 0.25) is 0 Å². The average molecular weight is 452 g/mol. The molecule has 6 unspecified atom stereocenters. The van der Waals surface area contributed by atoms with E-state index in [1.54, 1.807) is 6.33 Å². The molecule has 0 bridgehead atoms. The van der Waals surface area contributed by atoms with E-state index in [-0.39, 0.29) is 0 Å². The lowest BCUT2D eigenvalue weighted by molar-refractivity contribution is 0.133. The molecule has 0 aromatic carbocycles. The van der Waals surface area contributed by atoms with Gasteiger partial charge in [-0.25, -0.2) is 9.97 Å². The minimum Gasteiger partial charge on any atom is -0.356 e. The first-order chi connectivity index (χ1) is 16.2. The SMILES string of the molecule is CN(c1ncnc2[nH]ccc12)C1CCC2CCCCC2C1.NCC1CCC2CCCCC2C1. The van der Waals surface area contributed by atoms with E-state index in [1.165, 1.54) is 89.9 Å². The van der Waals surface area contributed by atoms with E-state index in [4.69, 9.17) is 5.73 Å². The van der Waals surface area contributed by atoms with Crippen molar-refractivity contribution in [3.63, 3.8) is 0 Å². The lowest BCUT2D eigenvalue weighted by Crippen LogP contribution is -2.40. The van der Waals surface area contributed by atoms with Crippen molar-refractivity contribution in [2.75, 3.05) is 18.5 Å². The molecule has 0 spiro atoms. The molecule has 6 atom stereocenters. The molecule has 5 nitrogen and oxygen atoms in total. The van der Waals surface area contributed by atoms with E-state index in [2.05, 4.69) is 33.0 Å². The van der Waals surface area contributed by atoms with E-state index >= 15 is 0 Å². The Morgan fingerprint density at radius 2 is 1.52 bits per heavy atom. The van der Waals surface area contributed by atoms with Crippen LogP contribution in [0, 0.1) is 29.6 Å². The van der Waals surface area contributed by atoms with Gasteiger partial charge in [-0.15, -0.1) is 0 Å². The van der Waals surface area contributed by atoms with Crippen LogP contribution in [0.15, 0.2) is 18.6 Å². The summed E-state index contributed by atoms with van der Waals surface area (Å²) < 4.78 is 0. The summed E-state index contributed by atoms with van der Waals surface area (Å²) >= 11 is 0. The summed E-state index contributed by atoms with van der Waals surface area (Å²) in [5.74, 6) is 6.04. The van der Waals surface area contributed by atoms with Crippen molar-refractivity contribution in [3.8, 4) is 0 Å². The molecule has 0 aliphatic heterocycles. The zero-order valence-electron chi connectivity index (χ0n) is 20.7. The van der Waals surface area contributed by atoms with E-state index in [0.29, 0.717) is 6.04 Å². The maximum absolute atomic E-state index is 5.73. The second kappa shape index (κ2) is 10.8. The number of aromatic amines is 1. The Balaban J connectivity index is 0.000000162. The van der Waals surface area contributed by atoms with E-state index in [1.807, 2.05) is 6.20 Å². The number of nitrogens with two attached hydrogens (primary N) is 1. The summed E-state index contributed by atoms with van der Waals surface area (Å²) in [5.41, 5.74) is 6.67. The molecule has 4 aliphatic carbocycles. The number of hydrogen-bond donors (Lipinski definition) is 2.